The van der Waals surface area contributed by atoms with Gasteiger partial charge in [0.1, 0.15) is 0 Å². The maximum Gasteiger partial charge on any atom is 0.237 e. The summed E-state index contributed by atoms with van der Waals surface area (Å²) in [4.78, 5) is 31.3. The first kappa shape index (κ1) is 19.7. The lowest BCUT2D eigenvalue weighted by molar-refractivity contribution is -0.116. The molecule has 7 heteroatoms. The van der Waals surface area contributed by atoms with E-state index in [4.69, 9.17) is 0 Å². The summed E-state index contributed by atoms with van der Waals surface area (Å²) >= 11 is 3.15. The maximum absolute atomic E-state index is 12.8. The number of hydrogen-bond donors (Lipinski definition) is 1. The summed E-state index contributed by atoms with van der Waals surface area (Å²) in [7, 11) is 0. The molecule has 2 amide bonds. The average molecular weight is 424 g/mol. The lowest BCUT2D eigenvalue weighted by Crippen LogP contribution is -2.30. The van der Waals surface area contributed by atoms with Gasteiger partial charge in [-0.25, -0.2) is 4.98 Å². The van der Waals surface area contributed by atoms with E-state index in [-0.39, 0.29) is 11.8 Å². The van der Waals surface area contributed by atoms with Crippen molar-refractivity contribution in [1.29, 1.82) is 0 Å². The molecule has 1 N–H and O–H groups in total. The molecule has 0 unspecified atom stereocenters. The molecular formula is C22H21N3O2S2. The Kier molecular flexibility index (Phi) is 5.69. The molecule has 0 radical (unpaired) electrons. The summed E-state index contributed by atoms with van der Waals surface area (Å²) in [6.45, 7) is 4.21. The summed E-state index contributed by atoms with van der Waals surface area (Å²) in [5.41, 5.74) is 5.07. The van der Waals surface area contributed by atoms with Gasteiger partial charge in [0, 0.05) is 40.7 Å². The lowest BCUT2D eigenvalue weighted by atomic mass is 10.1. The molecule has 3 aromatic rings. The van der Waals surface area contributed by atoms with Crippen LogP contribution < -0.4 is 10.2 Å². The number of rotatable bonds is 5. The van der Waals surface area contributed by atoms with Gasteiger partial charge < -0.3 is 10.2 Å². The summed E-state index contributed by atoms with van der Waals surface area (Å²) in [6, 6.07) is 13.8. The van der Waals surface area contributed by atoms with Gasteiger partial charge >= 0.3 is 0 Å². The number of amides is 2. The van der Waals surface area contributed by atoms with Crippen LogP contribution in [0, 0.1) is 6.92 Å². The van der Waals surface area contributed by atoms with E-state index >= 15 is 0 Å². The minimum Gasteiger partial charge on any atom is -0.326 e. The predicted molar refractivity (Wildman–Crippen MR) is 120 cm³/mol. The third-order valence-corrected chi connectivity index (χ3v) is 6.50. The third kappa shape index (κ3) is 4.52. The minimum atomic E-state index is -0.0960. The summed E-state index contributed by atoms with van der Waals surface area (Å²) in [5, 5.41) is 5.87. The zero-order chi connectivity index (χ0) is 20.4. The van der Waals surface area contributed by atoms with E-state index in [1.54, 1.807) is 11.3 Å². The van der Waals surface area contributed by atoms with Gasteiger partial charge in [-0.1, -0.05) is 6.07 Å². The standard InChI is InChI=1S/C22H21N3O2S2/c1-14(26)23-18-4-6-19(7-5-18)29-13-22(27)25-10-9-17-11-16(3-8-21(17)25)20-12-28-15(2)24-20/h3-8,11-12H,9-10,13H2,1-2H3,(H,23,26). The zero-order valence-corrected chi connectivity index (χ0v) is 17.9. The molecule has 148 valence electrons. The molecule has 4 rings (SSSR count). The van der Waals surface area contributed by atoms with Gasteiger partial charge in [-0.2, -0.15) is 0 Å². The molecule has 0 aliphatic carbocycles. The molecule has 0 spiro atoms. The first-order valence-corrected chi connectivity index (χ1v) is 11.2. The van der Waals surface area contributed by atoms with Gasteiger partial charge in [-0.3, -0.25) is 9.59 Å². The highest BCUT2D eigenvalue weighted by atomic mass is 32.2. The van der Waals surface area contributed by atoms with E-state index in [2.05, 4.69) is 21.7 Å². The molecule has 0 atom stereocenters. The first-order valence-electron chi connectivity index (χ1n) is 9.36. The van der Waals surface area contributed by atoms with Crippen LogP contribution in [-0.4, -0.2) is 29.1 Å². The zero-order valence-electron chi connectivity index (χ0n) is 16.3. The highest BCUT2D eigenvalue weighted by molar-refractivity contribution is 8.00. The van der Waals surface area contributed by atoms with Crippen molar-refractivity contribution < 1.29 is 9.59 Å². The number of hydrogen-bond acceptors (Lipinski definition) is 5. The topological polar surface area (TPSA) is 62.3 Å². The van der Waals surface area contributed by atoms with Crippen molar-refractivity contribution in [3.05, 3.63) is 58.4 Å². The number of nitrogens with zero attached hydrogens (tertiary/aromatic N) is 2. The van der Waals surface area contributed by atoms with Crippen molar-refractivity contribution >= 4 is 46.3 Å². The fraction of sp³-hybridized carbons (Fsp3) is 0.227. The number of thioether (sulfide) groups is 1. The molecule has 5 nitrogen and oxygen atoms in total. The molecule has 2 heterocycles. The fourth-order valence-corrected chi connectivity index (χ4v) is 4.77. The Labute approximate surface area is 178 Å². The molecule has 1 aromatic heterocycles. The van der Waals surface area contributed by atoms with Crippen molar-refractivity contribution in [2.45, 2.75) is 25.2 Å². The SMILES string of the molecule is CC(=O)Nc1ccc(SCC(=O)N2CCc3cc(-c4csc(C)n4)ccc32)cc1. The van der Waals surface area contributed by atoms with Crippen LogP contribution in [-0.2, 0) is 16.0 Å². The molecule has 0 fully saturated rings. The number of benzene rings is 2. The van der Waals surface area contributed by atoms with Crippen LogP contribution >= 0.6 is 23.1 Å². The Morgan fingerprint density at radius 2 is 2.00 bits per heavy atom. The normalized spacial score (nSPS) is 12.7. The average Bonchev–Trinajstić information content (AvgIpc) is 3.32. The second-order valence-corrected chi connectivity index (χ2v) is 9.00. The van der Waals surface area contributed by atoms with Crippen LogP contribution in [0.4, 0.5) is 11.4 Å². The van der Waals surface area contributed by atoms with Crippen LogP contribution in [0.2, 0.25) is 0 Å². The van der Waals surface area contributed by atoms with Crippen LogP contribution in [0.1, 0.15) is 17.5 Å². The van der Waals surface area contributed by atoms with Crippen LogP contribution in [0.25, 0.3) is 11.3 Å². The van der Waals surface area contributed by atoms with Crippen LogP contribution in [0.3, 0.4) is 0 Å². The number of nitrogens with one attached hydrogen (secondary N) is 1. The number of carbonyl (C=O) groups excluding carboxylic acids is 2. The fourth-order valence-electron chi connectivity index (χ4n) is 3.38. The van der Waals surface area contributed by atoms with Gasteiger partial charge in [-0.15, -0.1) is 23.1 Å². The monoisotopic (exact) mass is 423 g/mol. The maximum atomic E-state index is 12.8. The quantitative estimate of drug-likeness (QED) is 0.601. The molecule has 0 bridgehead atoms. The number of aromatic nitrogens is 1. The Morgan fingerprint density at radius 1 is 1.21 bits per heavy atom. The minimum absolute atomic E-state index is 0.0960. The number of fused-ring (bicyclic) bond motifs is 1. The van der Waals surface area contributed by atoms with E-state index in [1.807, 2.05) is 48.2 Å². The Balaban J connectivity index is 1.40. The molecule has 29 heavy (non-hydrogen) atoms. The molecule has 0 saturated carbocycles. The van der Waals surface area contributed by atoms with Gasteiger partial charge in [0.15, 0.2) is 0 Å². The van der Waals surface area contributed by atoms with Crippen LogP contribution in [0.15, 0.2) is 52.7 Å². The van der Waals surface area contributed by atoms with Gasteiger partial charge in [-0.05, 0) is 55.3 Å². The lowest BCUT2D eigenvalue weighted by Gasteiger charge is -2.17. The smallest absolute Gasteiger partial charge is 0.237 e. The molecular weight excluding hydrogens is 402 g/mol. The molecule has 1 aliphatic heterocycles. The number of aryl methyl sites for hydroxylation is 1. The Hall–Kier alpha value is -2.64. The van der Waals surface area contributed by atoms with Crippen molar-refractivity contribution in [3.63, 3.8) is 0 Å². The van der Waals surface area contributed by atoms with Gasteiger partial charge in [0.05, 0.1) is 16.5 Å². The van der Waals surface area contributed by atoms with E-state index < -0.39 is 0 Å². The molecule has 0 saturated heterocycles. The van der Waals surface area contributed by atoms with Crippen molar-refractivity contribution in [2.75, 3.05) is 22.5 Å². The molecule has 2 aromatic carbocycles. The van der Waals surface area contributed by atoms with E-state index in [0.29, 0.717) is 5.75 Å². The van der Waals surface area contributed by atoms with E-state index in [1.165, 1.54) is 24.2 Å². The van der Waals surface area contributed by atoms with Gasteiger partial charge in [0.25, 0.3) is 0 Å². The van der Waals surface area contributed by atoms with E-state index in [9.17, 15) is 9.59 Å². The second-order valence-electron chi connectivity index (χ2n) is 6.88. The highest BCUT2D eigenvalue weighted by Gasteiger charge is 2.25. The van der Waals surface area contributed by atoms with Crippen LogP contribution in [0.5, 0.6) is 0 Å². The molecule has 1 aliphatic rings. The number of anilines is 2. The van der Waals surface area contributed by atoms with Crippen molar-refractivity contribution in [3.8, 4) is 11.3 Å². The number of carbonyl (C=O) groups is 2. The number of thiazole rings is 1. The largest absolute Gasteiger partial charge is 0.326 e. The summed E-state index contributed by atoms with van der Waals surface area (Å²) in [5.74, 6) is 0.393. The second kappa shape index (κ2) is 8.39. The van der Waals surface area contributed by atoms with E-state index in [0.717, 1.165) is 45.5 Å². The summed E-state index contributed by atoms with van der Waals surface area (Å²) < 4.78 is 0. The highest BCUT2D eigenvalue weighted by Crippen LogP contribution is 2.33. The Morgan fingerprint density at radius 3 is 2.69 bits per heavy atom. The predicted octanol–water partition coefficient (Wildman–Crippen LogP) is 4.76. The third-order valence-electron chi connectivity index (χ3n) is 4.73. The summed E-state index contributed by atoms with van der Waals surface area (Å²) in [6.07, 6.45) is 0.869. The Bertz CT molecular complexity index is 1060. The first-order chi connectivity index (χ1) is 14.0. The van der Waals surface area contributed by atoms with Crippen molar-refractivity contribution in [1.82, 2.24) is 4.98 Å². The van der Waals surface area contributed by atoms with Crippen molar-refractivity contribution in [2.24, 2.45) is 0 Å². The van der Waals surface area contributed by atoms with Gasteiger partial charge in [0.2, 0.25) is 11.8 Å².